The molecule has 0 aliphatic heterocycles. The molecule has 0 amide bonds. The monoisotopic (exact) mass is 199 g/mol. The van der Waals surface area contributed by atoms with E-state index in [0.29, 0.717) is 13.2 Å². The molecule has 1 fully saturated rings. The largest absolute Gasteiger partial charge is 0.389 e. The molecule has 0 radical (unpaired) electrons. The second-order valence-corrected chi connectivity index (χ2v) is 3.42. The lowest BCUT2D eigenvalue weighted by Crippen LogP contribution is -2.17. The molecule has 0 bridgehead atoms. The predicted molar refractivity (Wildman–Crippen MR) is 57.2 cm³/mol. The third-order valence-electron chi connectivity index (χ3n) is 2.27. The van der Waals surface area contributed by atoms with Crippen molar-refractivity contribution in [3.8, 4) is 0 Å². The van der Waals surface area contributed by atoms with E-state index in [1.54, 1.807) is 5.57 Å². The van der Waals surface area contributed by atoms with Gasteiger partial charge in [0, 0.05) is 13.2 Å². The zero-order valence-electron chi connectivity index (χ0n) is 9.05. The smallest absolute Gasteiger partial charge is 0.0701 e. The molecule has 0 atom stereocenters. The summed E-state index contributed by atoms with van der Waals surface area (Å²) in [6.07, 6.45) is 6.05. The average Bonchev–Trinajstić information content (AvgIpc) is 2.13. The second kappa shape index (κ2) is 7.83. The molecule has 3 nitrogen and oxygen atoms in total. The van der Waals surface area contributed by atoms with Gasteiger partial charge in [-0.2, -0.15) is 0 Å². The Labute approximate surface area is 86.5 Å². The molecule has 1 aliphatic rings. The number of nitrogens with one attached hydrogen (secondary N) is 1. The highest BCUT2D eigenvalue weighted by Crippen LogP contribution is 2.23. The molecule has 0 spiro atoms. The van der Waals surface area contributed by atoms with Gasteiger partial charge in [-0.3, -0.25) is 0 Å². The highest BCUT2D eigenvalue weighted by atomic mass is 16.5. The molecule has 14 heavy (non-hydrogen) atoms. The Morgan fingerprint density at radius 2 is 2.00 bits per heavy atom. The summed E-state index contributed by atoms with van der Waals surface area (Å²) in [7, 11) is 0. The fraction of sp³-hybridized carbons (Fsp3) is 0.818. The van der Waals surface area contributed by atoms with E-state index in [1.807, 2.05) is 6.92 Å². The van der Waals surface area contributed by atoms with Gasteiger partial charge in [-0.1, -0.05) is 5.57 Å². The minimum absolute atomic E-state index is 0.700. The van der Waals surface area contributed by atoms with E-state index in [2.05, 4.69) is 11.5 Å². The van der Waals surface area contributed by atoms with Gasteiger partial charge in [-0.15, -0.1) is 0 Å². The standard InChI is InChI=1S/C11H21NO2/c1-2-13-8-9-14-7-6-12-10-11-4-3-5-11/h10,12H,2-9H2,1H3. The Hall–Kier alpha value is -0.540. The average molecular weight is 199 g/mol. The van der Waals surface area contributed by atoms with Gasteiger partial charge in [0.05, 0.1) is 19.8 Å². The zero-order chi connectivity index (χ0) is 10.1. The van der Waals surface area contributed by atoms with Crippen LogP contribution in [0.3, 0.4) is 0 Å². The SMILES string of the molecule is CCOCCOCCNC=C1CCC1. The first kappa shape index (κ1) is 11.5. The fourth-order valence-electron chi connectivity index (χ4n) is 1.24. The summed E-state index contributed by atoms with van der Waals surface area (Å²) < 4.78 is 10.5. The minimum atomic E-state index is 0.700. The molecule has 1 N–H and O–H groups in total. The van der Waals surface area contributed by atoms with Gasteiger partial charge in [0.2, 0.25) is 0 Å². The Morgan fingerprint density at radius 1 is 1.21 bits per heavy atom. The highest BCUT2D eigenvalue weighted by molar-refractivity contribution is 5.07. The maximum Gasteiger partial charge on any atom is 0.0701 e. The summed E-state index contributed by atoms with van der Waals surface area (Å²) in [6, 6.07) is 0. The van der Waals surface area contributed by atoms with Crippen LogP contribution in [0.15, 0.2) is 11.8 Å². The van der Waals surface area contributed by atoms with Gasteiger partial charge in [0.25, 0.3) is 0 Å². The van der Waals surface area contributed by atoms with E-state index in [4.69, 9.17) is 9.47 Å². The number of hydrogen-bond acceptors (Lipinski definition) is 3. The van der Waals surface area contributed by atoms with Crippen LogP contribution in [0, 0.1) is 0 Å². The topological polar surface area (TPSA) is 30.5 Å². The maximum atomic E-state index is 5.35. The first-order valence-corrected chi connectivity index (χ1v) is 5.50. The summed E-state index contributed by atoms with van der Waals surface area (Å²) in [4.78, 5) is 0. The van der Waals surface area contributed by atoms with Crippen LogP contribution in [-0.2, 0) is 9.47 Å². The van der Waals surface area contributed by atoms with Crippen molar-refractivity contribution in [3.05, 3.63) is 11.8 Å². The van der Waals surface area contributed by atoms with Gasteiger partial charge in [-0.05, 0) is 32.4 Å². The first-order chi connectivity index (χ1) is 6.93. The van der Waals surface area contributed by atoms with Crippen molar-refractivity contribution in [2.45, 2.75) is 26.2 Å². The lowest BCUT2D eigenvalue weighted by Gasteiger charge is -2.16. The molecule has 0 unspecified atom stereocenters. The molecule has 82 valence electrons. The molecular weight excluding hydrogens is 178 g/mol. The van der Waals surface area contributed by atoms with E-state index in [9.17, 15) is 0 Å². The molecule has 0 heterocycles. The lowest BCUT2D eigenvalue weighted by molar-refractivity contribution is 0.0547. The van der Waals surface area contributed by atoms with Crippen molar-refractivity contribution >= 4 is 0 Å². The Morgan fingerprint density at radius 3 is 2.64 bits per heavy atom. The number of ether oxygens (including phenoxy) is 2. The van der Waals surface area contributed by atoms with Crippen molar-refractivity contribution in [1.82, 2.24) is 5.32 Å². The Kier molecular flexibility index (Phi) is 6.45. The van der Waals surface area contributed by atoms with Gasteiger partial charge in [0.15, 0.2) is 0 Å². The second-order valence-electron chi connectivity index (χ2n) is 3.42. The predicted octanol–water partition coefficient (Wildman–Crippen LogP) is 1.70. The van der Waals surface area contributed by atoms with Crippen molar-refractivity contribution in [3.63, 3.8) is 0 Å². The van der Waals surface area contributed by atoms with Gasteiger partial charge >= 0.3 is 0 Å². The summed E-state index contributed by atoms with van der Waals surface area (Å²) >= 11 is 0. The number of rotatable bonds is 8. The van der Waals surface area contributed by atoms with Gasteiger partial charge in [-0.25, -0.2) is 0 Å². The molecule has 3 heteroatoms. The molecular formula is C11H21NO2. The summed E-state index contributed by atoms with van der Waals surface area (Å²) in [5, 5.41) is 3.25. The van der Waals surface area contributed by atoms with Crippen LogP contribution in [0.4, 0.5) is 0 Å². The van der Waals surface area contributed by atoms with Crippen LogP contribution >= 0.6 is 0 Å². The molecule has 0 aromatic heterocycles. The molecule has 1 aliphatic carbocycles. The van der Waals surface area contributed by atoms with E-state index in [1.165, 1.54) is 19.3 Å². The van der Waals surface area contributed by atoms with Gasteiger partial charge < -0.3 is 14.8 Å². The van der Waals surface area contributed by atoms with Crippen LogP contribution in [0.2, 0.25) is 0 Å². The maximum absolute atomic E-state index is 5.35. The molecule has 0 aromatic rings. The quantitative estimate of drug-likeness (QED) is 0.603. The van der Waals surface area contributed by atoms with Crippen molar-refractivity contribution < 1.29 is 9.47 Å². The molecule has 0 saturated heterocycles. The third-order valence-corrected chi connectivity index (χ3v) is 2.27. The molecule has 1 rings (SSSR count). The van der Waals surface area contributed by atoms with Crippen molar-refractivity contribution in [1.29, 1.82) is 0 Å². The van der Waals surface area contributed by atoms with Crippen LogP contribution < -0.4 is 5.32 Å². The normalized spacial score (nSPS) is 15.1. The van der Waals surface area contributed by atoms with Crippen LogP contribution in [0.25, 0.3) is 0 Å². The van der Waals surface area contributed by atoms with Gasteiger partial charge in [0.1, 0.15) is 0 Å². The highest BCUT2D eigenvalue weighted by Gasteiger charge is 2.06. The summed E-state index contributed by atoms with van der Waals surface area (Å²) in [5.41, 5.74) is 1.54. The minimum Gasteiger partial charge on any atom is -0.389 e. The van der Waals surface area contributed by atoms with Crippen LogP contribution in [-0.4, -0.2) is 33.0 Å². The Balaban J connectivity index is 1.75. The number of allylic oxidation sites excluding steroid dienone is 1. The van der Waals surface area contributed by atoms with Crippen LogP contribution in [0.5, 0.6) is 0 Å². The molecule has 1 saturated carbocycles. The Bertz CT molecular complexity index is 163. The van der Waals surface area contributed by atoms with Crippen molar-refractivity contribution in [2.24, 2.45) is 0 Å². The van der Waals surface area contributed by atoms with Crippen LogP contribution in [0.1, 0.15) is 26.2 Å². The lowest BCUT2D eigenvalue weighted by atomic mass is 9.94. The summed E-state index contributed by atoms with van der Waals surface area (Å²) in [6.45, 7) is 5.83. The zero-order valence-corrected chi connectivity index (χ0v) is 9.05. The molecule has 0 aromatic carbocycles. The number of hydrogen-bond donors (Lipinski definition) is 1. The van der Waals surface area contributed by atoms with E-state index < -0.39 is 0 Å². The van der Waals surface area contributed by atoms with Crippen molar-refractivity contribution in [2.75, 3.05) is 33.0 Å². The summed E-state index contributed by atoms with van der Waals surface area (Å²) in [5.74, 6) is 0. The third kappa shape index (κ3) is 5.25. The fourth-order valence-corrected chi connectivity index (χ4v) is 1.24. The first-order valence-electron chi connectivity index (χ1n) is 5.50. The van der Waals surface area contributed by atoms with E-state index >= 15 is 0 Å². The van der Waals surface area contributed by atoms with E-state index in [-0.39, 0.29) is 0 Å². The van der Waals surface area contributed by atoms with E-state index in [0.717, 1.165) is 19.8 Å².